The number of sulfonamides is 1. The summed E-state index contributed by atoms with van der Waals surface area (Å²) < 4.78 is 25.3. The molecule has 0 aliphatic carbocycles. The first-order valence-corrected chi connectivity index (χ1v) is 8.49. The fourth-order valence-electron chi connectivity index (χ4n) is 2.35. The zero-order valence-electron chi connectivity index (χ0n) is 12.0. The van der Waals surface area contributed by atoms with Gasteiger partial charge in [-0.3, -0.25) is 4.79 Å². The molecular weight excluding hydrogens is 266 g/mol. The molecule has 0 aromatic rings. The number of nitrogens with one attached hydrogen (secondary N) is 2. The first-order valence-electron chi connectivity index (χ1n) is 6.88. The number of hydrogen-bond donors (Lipinski definition) is 2. The van der Waals surface area contributed by atoms with E-state index in [4.69, 9.17) is 0 Å². The topological polar surface area (TPSA) is 78.5 Å². The predicted molar refractivity (Wildman–Crippen MR) is 75.3 cm³/mol. The molecule has 2 unspecified atom stereocenters. The molecule has 1 aliphatic heterocycles. The SMILES string of the molecule is CCN(CC)S(=O)(=O)CC(=O)NC1CCNCC1C. The Hall–Kier alpha value is -0.660. The van der Waals surface area contributed by atoms with Gasteiger partial charge in [0.05, 0.1) is 0 Å². The molecule has 7 heteroatoms. The highest BCUT2D eigenvalue weighted by atomic mass is 32.2. The standard InChI is InChI=1S/C12H25N3O3S/c1-4-15(5-2)19(17,18)9-12(16)14-11-6-7-13-8-10(11)3/h10-11,13H,4-9H2,1-3H3,(H,14,16). The van der Waals surface area contributed by atoms with Crippen molar-refractivity contribution in [1.29, 1.82) is 0 Å². The summed E-state index contributed by atoms with van der Waals surface area (Å²) in [6.45, 7) is 8.11. The number of hydrogen-bond acceptors (Lipinski definition) is 4. The normalized spacial score (nSPS) is 24.4. The molecule has 1 amide bonds. The summed E-state index contributed by atoms with van der Waals surface area (Å²) in [6, 6.07) is 0.0700. The van der Waals surface area contributed by atoms with Crippen LogP contribution in [0.15, 0.2) is 0 Å². The molecule has 2 atom stereocenters. The zero-order chi connectivity index (χ0) is 14.5. The van der Waals surface area contributed by atoms with Crippen LogP contribution in [-0.4, -0.2) is 56.6 Å². The molecule has 1 rings (SSSR count). The summed E-state index contributed by atoms with van der Waals surface area (Å²) in [4.78, 5) is 11.9. The number of carbonyl (C=O) groups is 1. The molecule has 1 heterocycles. The van der Waals surface area contributed by atoms with Crippen molar-refractivity contribution in [3.63, 3.8) is 0 Å². The molecule has 0 radical (unpaired) electrons. The third-order valence-electron chi connectivity index (χ3n) is 3.54. The minimum atomic E-state index is -3.48. The summed E-state index contributed by atoms with van der Waals surface area (Å²) >= 11 is 0. The third-order valence-corrected chi connectivity index (χ3v) is 5.47. The lowest BCUT2D eigenvalue weighted by molar-refractivity contribution is -0.119. The molecule has 0 spiro atoms. The molecule has 2 N–H and O–H groups in total. The van der Waals surface area contributed by atoms with Crippen LogP contribution in [0.5, 0.6) is 0 Å². The summed E-state index contributed by atoms with van der Waals surface area (Å²) in [5.41, 5.74) is 0. The van der Waals surface area contributed by atoms with Crippen molar-refractivity contribution < 1.29 is 13.2 Å². The van der Waals surface area contributed by atoms with Crippen molar-refractivity contribution in [2.75, 3.05) is 31.9 Å². The van der Waals surface area contributed by atoms with Gasteiger partial charge in [0.1, 0.15) is 5.75 Å². The number of piperidine rings is 1. The van der Waals surface area contributed by atoms with Crippen LogP contribution >= 0.6 is 0 Å². The van der Waals surface area contributed by atoms with Crippen LogP contribution in [0.4, 0.5) is 0 Å². The van der Waals surface area contributed by atoms with E-state index in [1.165, 1.54) is 4.31 Å². The lowest BCUT2D eigenvalue weighted by atomic mass is 9.95. The summed E-state index contributed by atoms with van der Waals surface area (Å²) in [5.74, 6) is -0.523. The first-order chi connectivity index (χ1) is 8.90. The fraction of sp³-hybridized carbons (Fsp3) is 0.917. The molecule has 6 nitrogen and oxygen atoms in total. The second-order valence-electron chi connectivity index (χ2n) is 4.98. The quantitative estimate of drug-likeness (QED) is 0.709. The molecule has 19 heavy (non-hydrogen) atoms. The number of nitrogens with zero attached hydrogens (tertiary/aromatic N) is 1. The van der Waals surface area contributed by atoms with Crippen LogP contribution in [-0.2, 0) is 14.8 Å². The third kappa shape index (κ3) is 4.74. The Morgan fingerprint density at radius 1 is 1.37 bits per heavy atom. The van der Waals surface area contributed by atoms with E-state index in [9.17, 15) is 13.2 Å². The lowest BCUT2D eigenvalue weighted by Crippen LogP contribution is -2.50. The first kappa shape index (κ1) is 16.4. The largest absolute Gasteiger partial charge is 0.352 e. The van der Waals surface area contributed by atoms with Crippen molar-refractivity contribution in [3.05, 3.63) is 0 Å². The molecular formula is C12H25N3O3S. The van der Waals surface area contributed by atoms with Gasteiger partial charge in [-0.05, 0) is 25.4 Å². The van der Waals surface area contributed by atoms with Crippen molar-refractivity contribution in [2.24, 2.45) is 5.92 Å². The molecule has 0 aromatic heterocycles. The van der Waals surface area contributed by atoms with E-state index in [0.29, 0.717) is 19.0 Å². The van der Waals surface area contributed by atoms with Gasteiger partial charge in [0.25, 0.3) is 0 Å². The van der Waals surface area contributed by atoms with E-state index < -0.39 is 21.7 Å². The summed E-state index contributed by atoms with van der Waals surface area (Å²) in [6.07, 6.45) is 0.845. The highest BCUT2D eigenvalue weighted by molar-refractivity contribution is 7.89. The van der Waals surface area contributed by atoms with Crippen molar-refractivity contribution >= 4 is 15.9 Å². The minimum absolute atomic E-state index is 0.0700. The van der Waals surface area contributed by atoms with Gasteiger partial charge in [0.15, 0.2) is 0 Å². The van der Waals surface area contributed by atoms with E-state index in [2.05, 4.69) is 17.6 Å². The van der Waals surface area contributed by atoms with Crippen molar-refractivity contribution in [3.8, 4) is 0 Å². The Morgan fingerprint density at radius 2 is 2.00 bits per heavy atom. The molecule has 0 saturated carbocycles. The molecule has 1 aliphatic rings. The Kier molecular flexibility index (Phi) is 6.22. The molecule has 0 aromatic carbocycles. The maximum atomic E-state index is 12.0. The molecule has 1 fully saturated rings. The zero-order valence-corrected chi connectivity index (χ0v) is 12.8. The van der Waals surface area contributed by atoms with Gasteiger partial charge < -0.3 is 10.6 Å². The lowest BCUT2D eigenvalue weighted by Gasteiger charge is -2.30. The maximum Gasteiger partial charge on any atom is 0.236 e. The Bertz CT molecular complexity index is 393. The van der Waals surface area contributed by atoms with E-state index in [-0.39, 0.29) is 6.04 Å². The van der Waals surface area contributed by atoms with Crippen LogP contribution in [0.3, 0.4) is 0 Å². The Balaban J connectivity index is 2.55. The number of amides is 1. The van der Waals surface area contributed by atoms with E-state index in [0.717, 1.165) is 19.5 Å². The second-order valence-corrected chi connectivity index (χ2v) is 6.95. The Morgan fingerprint density at radius 3 is 2.53 bits per heavy atom. The van der Waals surface area contributed by atoms with E-state index in [1.54, 1.807) is 13.8 Å². The molecule has 0 bridgehead atoms. The highest BCUT2D eigenvalue weighted by Gasteiger charge is 2.27. The number of rotatable bonds is 6. The summed E-state index contributed by atoms with van der Waals surface area (Å²) in [5, 5.41) is 6.09. The smallest absolute Gasteiger partial charge is 0.236 e. The average Bonchev–Trinajstić information content (AvgIpc) is 2.32. The van der Waals surface area contributed by atoms with Crippen LogP contribution in [0.2, 0.25) is 0 Å². The van der Waals surface area contributed by atoms with E-state index >= 15 is 0 Å². The van der Waals surface area contributed by atoms with E-state index in [1.807, 2.05) is 0 Å². The monoisotopic (exact) mass is 291 g/mol. The molecule has 112 valence electrons. The van der Waals surface area contributed by atoms with Crippen LogP contribution in [0.25, 0.3) is 0 Å². The second kappa shape index (κ2) is 7.21. The highest BCUT2D eigenvalue weighted by Crippen LogP contribution is 2.10. The van der Waals surface area contributed by atoms with Gasteiger partial charge in [0.2, 0.25) is 15.9 Å². The Labute approximate surface area is 116 Å². The van der Waals surface area contributed by atoms with Gasteiger partial charge in [-0.2, -0.15) is 0 Å². The van der Waals surface area contributed by atoms with Crippen LogP contribution in [0.1, 0.15) is 27.2 Å². The summed E-state index contributed by atoms with van der Waals surface area (Å²) in [7, 11) is -3.48. The van der Waals surface area contributed by atoms with Gasteiger partial charge >= 0.3 is 0 Å². The van der Waals surface area contributed by atoms with Crippen molar-refractivity contribution in [2.45, 2.75) is 33.2 Å². The number of carbonyl (C=O) groups excluding carboxylic acids is 1. The minimum Gasteiger partial charge on any atom is -0.352 e. The van der Waals surface area contributed by atoms with Crippen molar-refractivity contribution in [1.82, 2.24) is 14.9 Å². The van der Waals surface area contributed by atoms with Gasteiger partial charge in [0, 0.05) is 19.1 Å². The maximum absolute atomic E-state index is 12.0. The fourth-order valence-corrected chi connectivity index (χ4v) is 3.73. The van der Waals surface area contributed by atoms with Gasteiger partial charge in [-0.1, -0.05) is 20.8 Å². The average molecular weight is 291 g/mol. The van der Waals surface area contributed by atoms with Gasteiger partial charge in [-0.25, -0.2) is 12.7 Å². The predicted octanol–water partition coefficient (Wildman–Crippen LogP) is -0.228. The molecule has 1 saturated heterocycles. The van der Waals surface area contributed by atoms with Crippen LogP contribution < -0.4 is 10.6 Å². The van der Waals surface area contributed by atoms with Gasteiger partial charge in [-0.15, -0.1) is 0 Å². The van der Waals surface area contributed by atoms with Crippen LogP contribution in [0, 0.1) is 5.92 Å².